The standard InChI is InChI=1S/C20H21Cl2N2O6P/c21-31(22,28)14-17(19(26)29-12-15-7-3-1-4-8-15)24-18(25)11-23-20(27)30-13-16-9-5-2-6-10-16/h1-10,17H,11-14H2,(H,23,27)(H,24,25)/t17-/m0/s1. The Labute approximate surface area is 189 Å². The summed E-state index contributed by atoms with van der Waals surface area (Å²) in [5.41, 5.74) is 1.51. The maximum Gasteiger partial charge on any atom is 0.407 e. The Morgan fingerprint density at radius 2 is 1.39 bits per heavy atom. The van der Waals surface area contributed by atoms with E-state index in [4.69, 9.17) is 32.0 Å². The molecule has 2 rings (SSSR count). The molecule has 11 heteroatoms. The quantitative estimate of drug-likeness (QED) is 0.390. The fourth-order valence-electron chi connectivity index (χ4n) is 2.39. The smallest absolute Gasteiger partial charge is 0.407 e. The van der Waals surface area contributed by atoms with Gasteiger partial charge in [0.2, 0.25) is 5.91 Å². The lowest BCUT2D eigenvalue weighted by atomic mass is 10.2. The van der Waals surface area contributed by atoms with Crippen molar-refractivity contribution in [3.8, 4) is 0 Å². The zero-order chi connectivity index (χ0) is 22.7. The molecule has 0 unspecified atom stereocenters. The summed E-state index contributed by atoms with van der Waals surface area (Å²) in [4.78, 5) is 36.2. The zero-order valence-corrected chi connectivity index (χ0v) is 18.7. The maximum atomic E-state index is 12.3. The van der Waals surface area contributed by atoms with E-state index in [1.807, 2.05) is 12.1 Å². The number of hydrogen-bond acceptors (Lipinski definition) is 6. The number of carbonyl (C=O) groups is 3. The third kappa shape index (κ3) is 10.4. The molecule has 0 aliphatic carbocycles. The fourth-order valence-corrected chi connectivity index (χ4v) is 3.89. The number of hydrogen-bond donors (Lipinski definition) is 2. The van der Waals surface area contributed by atoms with Crippen LogP contribution in [0.3, 0.4) is 0 Å². The van der Waals surface area contributed by atoms with Gasteiger partial charge in [-0.2, -0.15) is 0 Å². The van der Waals surface area contributed by atoms with Gasteiger partial charge in [0.1, 0.15) is 25.8 Å². The number of esters is 1. The van der Waals surface area contributed by atoms with Crippen molar-refractivity contribution in [2.24, 2.45) is 0 Å². The number of nitrogens with one attached hydrogen (secondary N) is 2. The van der Waals surface area contributed by atoms with Gasteiger partial charge in [0.25, 0.3) is 5.85 Å². The second-order valence-electron chi connectivity index (χ2n) is 6.38. The second-order valence-corrected chi connectivity index (χ2v) is 11.7. The molecule has 2 N–H and O–H groups in total. The van der Waals surface area contributed by atoms with Crippen LogP contribution >= 0.6 is 28.3 Å². The molecule has 31 heavy (non-hydrogen) atoms. The minimum Gasteiger partial charge on any atom is -0.459 e. The Hall–Kier alpha value is -2.54. The molecule has 0 heterocycles. The van der Waals surface area contributed by atoms with Gasteiger partial charge < -0.3 is 20.1 Å². The van der Waals surface area contributed by atoms with E-state index in [0.717, 1.165) is 11.1 Å². The molecule has 0 radical (unpaired) electrons. The summed E-state index contributed by atoms with van der Waals surface area (Å²) < 4.78 is 21.9. The predicted octanol–water partition coefficient (Wildman–Crippen LogP) is 3.81. The van der Waals surface area contributed by atoms with Crippen molar-refractivity contribution in [3.63, 3.8) is 0 Å². The molecule has 2 amide bonds. The molecule has 0 aliphatic rings. The van der Waals surface area contributed by atoms with Crippen molar-refractivity contribution >= 4 is 46.3 Å². The number of rotatable bonds is 10. The number of amides is 2. The molecule has 0 saturated heterocycles. The third-order valence-corrected chi connectivity index (χ3v) is 5.46. The molecule has 2 aromatic rings. The van der Waals surface area contributed by atoms with Crippen molar-refractivity contribution < 1.29 is 28.4 Å². The summed E-state index contributed by atoms with van der Waals surface area (Å²) in [5.74, 6) is -5.29. The SMILES string of the molecule is O=C(CNC(=O)OCc1ccccc1)N[C@@H](CP(=O)(Cl)Cl)C(=O)OCc1ccccc1. The van der Waals surface area contributed by atoms with Crippen LogP contribution < -0.4 is 10.6 Å². The molecule has 166 valence electrons. The number of benzene rings is 2. The average Bonchev–Trinajstić information content (AvgIpc) is 2.74. The van der Waals surface area contributed by atoms with Crippen molar-refractivity contribution in [2.75, 3.05) is 12.7 Å². The summed E-state index contributed by atoms with van der Waals surface area (Å²) in [6, 6.07) is 16.5. The first-order valence-electron chi connectivity index (χ1n) is 9.16. The molecule has 2 aromatic carbocycles. The number of halogens is 2. The number of ether oxygens (including phenoxy) is 2. The molecule has 8 nitrogen and oxygen atoms in total. The van der Waals surface area contributed by atoms with Crippen LogP contribution in [0, 0.1) is 0 Å². The summed E-state index contributed by atoms with van der Waals surface area (Å²) in [5, 5.41) is 4.57. The molecule has 0 spiro atoms. The Balaban J connectivity index is 1.83. The Morgan fingerprint density at radius 3 is 1.90 bits per heavy atom. The van der Waals surface area contributed by atoms with Gasteiger partial charge in [-0.25, -0.2) is 9.59 Å². The van der Waals surface area contributed by atoms with Gasteiger partial charge in [0.15, 0.2) is 0 Å². The van der Waals surface area contributed by atoms with Crippen LogP contribution in [-0.2, 0) is 36.8 Å². The first-order valence-corrected chi connectivity index (χ1v) is 12.9. The molecule has 0 saturated carbocycles. The highest BCUT2D eigenvalue weighted by atomic mass is 35.9. The molecule has 0 fully saturated rings. The number of carbonyl (C=O) groups excluding carboxylic acids is 3. The van der Waals surface area contributed by atoms with Crippen LogP contribution in [-0.4, -0.2) is 36.7 Å². The summed E-state index contributed by atoms with van der Waals surface area (Å²) in [7, 11) is 0. The summed E-state index contributed by atoms with van der Waals surface area (Å²) >= 11 is 11.1. The molecular weight excluding hydrogens is 466 g/mol. The van der Waals surface area contributed by atoms with Crippen molar-refractivity contribution in [2.45, 2.75) is 19.3 Å². The van der Waals surface area contributed by atoms with E-state index in [9.17, 15) is 18.9 Å². The topological polar surface area (TPSA) is 111 Å². The van der Waals surface area contributed by atoms with Crippen molar-refractivity contribution in [1.29, 1.82) is 0 Å². The van der Waals surface area contributed by atoms with E-state index in [1.54, 1.807) is 48.5 Å². The van der Waals surface area contributed by atoms with Crippen LogP contribution in [0.2, 0.25) is 0 Å². The second kappa shape index (κ2) is 12.3. The zero-order valence-electron chi connectivity index (χ0n) is 16.3. The van der Waals surface area contributed by atoms with Gasteiger partial charge in [0, 0.05) is 0 Å². The molecule has 0 aromatic heterocycles. The summed E-state index contributed by atoms with van der Waals surface area (Å²) in [6.07, 6.45) is -1.34. The lowest BCUT2D eigenvalue weighted by Gasteiger charge is -2.18. The highest BCUT2D eigenvalue weighted by Crippen LogP contribution is 2.56. The van der Waals surface area contributed by atoms with Gasteiger partial charge in [-0.1, -0.05) is 60.7 Å². The van der Waals surface area contributed by atoms with E-state index >= 15 is 0 Å². The summed E-state index contributed by atoms with van der Waals surface area (Å²) in [6.45, 7) is -0.500. The van der Waals surface area contributed by atoms with Gasteiger partial charge in [0.05, 0.1) is 6.16 Å². The monoisotopic (exact) mass is 486 g/mol. The van der Waals surface area contributed by atoms with E-state index in [-0.39, 0.29) is 13.2 Å². The molecular formula is C20H21Cl2N2O6P. The highest BCUT2D eigenvalue weighted by Gasteiger charge is 2.30. The largest absolute Gasteiger partial charge is 0.459 e. The predicted molar refractivity (Wildman–Crippen MR) is 117 cm³/mol. The first-order chi connectivity index (χ1) is 14.7. The molecule has 0 aliphatic heterocycles. The van der Waals surface area contributed by atoms with Gasteiger partial charge >= 0.3 is 12.1 Å². The Kier molecular flexibility index (Phi) is 9.85. The van der Waals surface area contributed by atoms with Crippen LogP contribution in [0.4, 0.5) is 4.79 Å². The minimum absolute atomic E-state index is 0.0321. The number of alkyl carbamates (subject to hydrolysis) is 1. The van der Waals surface area contributed by atoms with Crippen LogP contribution in [0.15, 0.2) is 60.7 Å². The molecule has 0 bridgehead atoms. The Bertz CT molecular complexity index is 924. The van der Waals surface area contributed by atoms with Crippen molar-refractivity contribution in [1.82, 2.24) is 10.6 Å². The van der Waals surface area contributed by atoms with Gasteiger partial charge in [-0.05, 0) is 33.6 Å². The van der Waals surface area contributed by atoms with Gasteiger partial charge in [-0.15, -0.1) is 0 Å². The minimum atomic E-state index is -3.69. The van der Waals surface area contributed by atoms with Crippen LogP contribution in [0.25, 0.3) is 0 Å². The third-order valence-electron chi connectivity index (χ3n) is 3.84. The average molecular weight is 487 g/mol. The fraction of sp³-hybridized carbons (Fsp3) is 0.250. The van der Waals surface area contributed by atoms with E-state index in [1.165, 1.54) is 0 Å². The molecule has 1 atom stereocenters. The lowest BCUT2D eigenvalue weighted by Crippen LogP contribution is -2.47. The highest BCUT2D eigenvalue weighted by molar-refractivity contribution is 8.08. The lowest BCUT2D eigenvalue weighted by molar-refractivity contribution is -0.148. The normalized spacial score (nSPS) is 11.8. The van der Waals surface area contributed by atoms with Crippen LogP contribution in [0.1, 0.15) is 11.1 Å². The Morgan fingerprint density at radius 1 is 0.871 bits per heavy atom. The van der Waals surface area contributed by atoms with Gasteiger partial charge in [-0.3, -0.25) is 9.36 Å². The van der Waals surface area contributed by atoms with E-state index in [2.05, 4.69) is 10.6 Å². The van der Waals surface area contributed by atoms with E-state index < -0.39 is 42.6 Å². The van der Waals surface area contributed by atoms with Crippen LogP contribution in [0.5, 0.6) is 0 Å². The maximum absolute atomic E-state index is 12.3. The van der Waals surface area contributed by atoms with Crippen molar-refractivity contribution in [3.05, 3.63) is 71.8 Å². The van der Waals surface area contributed by atoms with E-state index in [0.29, 0.717) is 0 Å². The first kappa shape index (κ1) is 24.7.